The maximum Gasteiger partial charge on any atom is 0.225 e. The number of piperidine rings is 1. The Balaban J connectivity index is 1.63. The Morgan fingerprint density at radius 2 is 1.68 bits per heavy atom. The van der Waals surface area contributed by atoms with Gasteiger partial charge in [-0.15, -0.1) is 0 Å². The van der Waals surface area contributed by atoms with E-state index >= 15 is 0 Å². The minimum absolute atomic E-state index is 0.613. The van der Waals surface area contributed by atoms with Gasteiger partial charge in [-0.2, -0.15) is 4.98 Å². The highest BCUT2D eigenvalue weighted by Crippen LogP contribution is 2.26. The van der Waals surface area contributed by atoms with Crippen LogP contribution in [0.2, 0.25) is 0 Å². The number of hydrogen-bond acceptors (Lipinski definition) is 5. The van der Waals surface area contributed by atoms with E-state index in [0.29, 0.717) is 12.5 Å². The van der Waals surface area contributed by atoms with Crippen molar-refractivity contribution < 1.29 is 4.74 Å². The monoisotopic (exact) mass is 374 g/mol. The zero-order valence-electron chi connectivity index (χ0n) is 16.3. The van der Waals surface area contributed by atoms with E-state index < -0.39 is 0 Å². The molecule has 5 nitrogen and oxygen atoms in total. The molecule has 0 amide bonds. The molecule has 0 bridgehead atoms. The van der Waals surface area contributed by atoms with Crippen LogP contribution in [0, 0.1) is 0 Å². The van der Waals surface area contributed by atoms with Crippen LogP contribution >= 0.6 is 0 Å². The number of hydrogen-bond donors (Lipinski definition) is 1. The molecular formula is C23H26N4O. The summed E-state index contributed by atoms with van der Waals surface area (Å²) >= 11 is 0. The second-order valence-corrected chi connectivity index (χ2v) is 7.01. The van der Waals surface area contributed by atoms with E-state index in [2.05, 4.69) is 34.5 Å². The molecule has 1 aromatic heterocycles. The summed E-state index contributed by atoms with van der Waals surface area (Å²) in [5.74, 6) is 2.51. The van der Waals surface area contributed by atoms with Crippen molar-refractivity contribution in [1.29, 1.82) is 0 Å². The van der Waals surface area contributed by atoms with E-state index in [1.54, 1.807) is 7.11 Å². The molecule has 0 spiro atoms. The zero-order valence-corrected chi connectivity index (χ0v) is 16.3. The summed E-state index contributed by atoms with van der Waals surface area (Å²) in [4.78, 5) is 12.0. The van der Waals surface area contributed by atoms with Crippen molar-refractivity contribution in [2.45, 2.75) is 25.8 Å². The molecule has 1 N–H and O–H groups in total. The van der Waals surface area contributed by atoms with Crippen molar-refractivity contribution in [2.75, 3.05) is 30.4 Å². The Bertz CT molecular complexity index is 907. The van der Waals surface area contributed by atoms with Crippen LogP contribution in [0.1, 0.15) is 24.8 Å². The summed E-state index contributed by atoms with van der Waals surface area (Å²) in [5, 5.41) is 3.40. The molecule has 144 valence electrons. The summed E-state index contributed by atoms with van der Waals surface area (Å²) < 4.78 is 5.46. The molecule has 0 radical (unpaired) electrons. The minimum Gasteiger partial charge on any atom is -0.496 e. The molecule has 1 aliphatic heterocycles. The fourth-order valence-electron chi connectivity index (χ4n) is 3.58. The maximum atomic E-state index is 5.46. The van der Waals surface area contributed by atoms with Gasteiger partial charge in [0.05, 0.1) is 12.8 Å². The van der Waals surface area contributed by atoms with Crippen LogP contribution in [0.3, 0.4) is 0 Å². The van der Waals surface area contributed by atoms with Gasteiger partial charge in [0, 0.05) is 36.8 Å². The molecule has 3 aromatic rings. The SMILES string of the molecule is COc1ccccc1CNc1nc(-c2ccccc2)cc(N2CCCCC2)n1. The van der Waals surface area contributed by atoms with Gasteiger partial charge in [-0.1, -0.05) is 48.5 Å². The quantitative estimate of drug-likeness (QED) is 0.674. The van der Waals surface area contributed by atoms with Gasteiger partial charge in [0.25, 0.3) is 0 Å². The highest BCUT2D eigenvalue weighted by molar-refractivity contribution is 5.65. The number of methoxy groups -OCH3 is 1. The van der Waals surface area contributed by atoms with Crippen LogP contribution in [0.5, 0.6) is 5.75 Å². The van der Waals surface area contributed by atoms with Crippen molar-refractivity contribution in [3.63, 3.8) is 0 Å². The number of ether oxygens (including phenoxy) is 1. The Kier molecular flexibility index (Phi) is 5.71. The molecular weight excluding hydrogens is 348 g/mol. The number of nitrogens with one attached hydrogen (secondary N) is 1. The summed E-state index contributed by atoms with van der Waals surface area (Å²) in [5.41, 5.74) is 3.13. The fraction of sp³-hybridized carbons (Fsp3) is 0.304. The third-order valence-electron chi connectivity index (χ3n) is 5.09. The average Bonchev–Trinajstić information content (AvgIpc) is 2.79. The molecule has 4 rings (SSSR count). The van der Waals surface area contributed by atoms with Crippen LogP contribution in [0.4, 0.5) is 11.8 Å². The van der Waals surface area contributed by atoms with E-state index in [1.807, 2.05) is 36.4 Å². The molecule has 1 saturated heterocycles. The normalized spacial score (nSPS) is 14.0. The average molecular weight is 374 g/mol. The molecule has 2 aromatic carbocycles. The third-order valence-corrected chi connectivity index (χ3v) is 5.09. The highest BCUT2D eigenvalue weighted by atomic mass is 16.5. The smallest absolute Gasteiger partial charge is 0.225 e. The molecule has 28 heavy (non-hydrogen) atoms. The highest BCUT2D eigenvalue weighted by Gasteiger charge is 2.15. The standard InChI is InChI=1S/C23H26N4O/c1-28-21-13-7-6-12-19(21)17-24-23-25-20(18-10-4-2-5-11-18)16-22(26-23)27-14-8-3-9-15-27/h2,4-7,10-13,16H,3,8-9,14-15,17H2,1H3,(H,24,25,26). The van der Waals surface area contributed by atoms with Gasteiger partial charge in [-0.25, -0.2) is 4.98 Å². The fourth-order valence-corrected chi connectivity index (χ4v) is 3.58. The van der Waals surface area contributed by atoms with E-state index in [1.165, 1.54) is 19.3 Å². The first-order valence-electron chi connectivity index (χ1n) is 9.89. The van der Waals surface area contributed by atoms with Crippen LogP contribution in [0.25, 0.3) is 11.3 Å². The largest absolute Gasteiger partial charge is 0.496 e. The first-order chi connectivity index (χ1) is 13.8. The summed E-state index contributed by atoms with van der Waals surface area (Å²) in [6.07, 6.45) is 3.73. The molecule has 0 unspecified atom stereocenters. The lowest BCUT2D eigenvalue weighted by Crippen LogP contribution is -2.30. The van der Waals surface area contributed by atoms with Crippen molar-refractivity contribution in [3.8, 4) is 17.0 Å². The number of benzene rings is 2. The molecule has 2 heterocycles. The van der Waals surface area contributed by atoms with Gasteiger partial charge in [-0.3, -0.25) is 0 Å². The lowest BCUT2D eigenvalue weighted by molar-refractivity contribution is 0.410. The van der Waals surface area contributed by atoms with Crippen LogP contribution < -0.4 is 15.0 Å². The van der Waals surface area contributed by atoms with Gasteiger partial charge in [0.1, 0.15) is 11.6 Å². The van der Waals surface area contributed by atoms with Crippen molar-refractivity contribution in [2.24, 2.45) is 0 Å². The van der Waals surface area contributed by atoms with Crippen LogP contribution in [-0.2, 0) is 6.54 Å². The first-order valence-corrected chi connectivity index (χ1v) is 9.89. The Labute approximate surface area is 166 Å². The van der Waals surface area contributed by atoms with E-state index in [9.17, 15) is 0 Å². The number of rotatable bonds is 6. The lowest BCUT2D eigenvalue weighted by atomic mass is 10.1. The topological polar surface area (TPSA) is 50.3 Å². The van der Waals surface area contributed by atoms with Crippen molar-refractivity contribution in [3.05, 3.63) is 66.2 Å². The molecule has 1 aliphatic rings. The number of para-hydroxylation sites is 1. The van der Waals surface area contributed by atoms with Gasteiger partial charge in [0.15, 0.2) is 0 Å². The second-order valence-electron chi connectivity index (χ2n) is 7.01. The Hall–Kier alpha value is -3.08. The molecule has 0 atom stereocenters. The number of aromatic nitrogens is 2. The Morgan fingerprint density at radius 3 is 2.46 bits per heavy atom. The van der Waals surface area contributed by atoms with E-state index in [-0.39, 0.29) is 0 Å². The predicted molar refractivity (Wildman–Crippen MR) is 114 cm³/mol. The predicted octanol–water partition coefficient (Wildman–Crippen LogP) is 4.75. The van der Waals surface area contributed by atoms with Crippen molar-refractivity contribution in [1.82, 2.24) is 9.97 Å². The molecule has 5 heteroatoms. The van der Waals surface area contributed by atoms with Crippen LogP contribution in [-0.4, -0.2) is 30.2 Å². The minimum atomic E-state index is 0.613. The second kappa shape index (κ2) is 8.74. The van der Waals surface area contributed by atoms with Crippen molar-refractivity contribution >= 4 is 11.8 Å². The van der Waals surface area contributed by atoms with Crippen LogP contribution in [0.15, 0.2) is 60.7 Å². The number of anilines is 2. The summed E-state index contributed by atoms with van der Waals surface area (Å²) in [7, 11) is 1.69. The Morgan fingerprint density at radius 1 is 0.929 bits per heavy atom. The van der Waals surface area contributed by atoms with Gasteiger partial charge in [-0.05, 0) is 25.3 Å². The maximum absolute atomic E-state index is 5.46. The van der Waals surface area contributed by atoms with E-state index in [4.69, 9.17) is 14.7 Å². The summed E-state index contributed by atoms with van der Waals surface area (Å²) in [6, 6.07) is 20.4. The zero-order chi connectivity index (χ0) is 19.2. The molecule has 0 aliphatic carbocycles. The van der Waals surface area contributed by atoms with Gasteiger partial charge in [0.2, 0.25) is 5.95 Å². The van der Waals surface area contributed by atoms with Gasteiger partial charge < -0.3 is 15.0 Å². The summed E-state index contributed by atoms with van der Waals surface area (Å²) in [6.45, 7) is 2.72. The number of nitrogens with zero attached hydrogens (tertiary/aromatic N) is 3. The molecule has 0 saturated carbocycles. The first kappa shape index (κ1) is 18.3. The van der Waals surface area contributed by atoms with E-state index in [0.717, 1.165) is 41.5 Å². The van der Waals surface area contributed by atoms with Gasteiger partial charge >= 0.3 is 0 Å². The lowest BCUT2D eigenvalue weighted by Gasteiger charge is -2.28. The third kappa shape index (κ3) is 4.25. The molecule has 1 fully saturated rings.